The molecular weight excluding hydrogens is 332 g/mol. The van der Waals surface area contributed by atoms with Crippen LogP contribution >= 0.6 is 27.5 Å². The van der Waals surface area contributed by atoms with Crippen LogP contribution in [0.25, 0.3) is 0 Å². The maximum atomic E-state index is 5.75. The normalized spacial score (nSPS) is 10.2. The highest BCUT2D eigenvalue weighted by molar-refractivity contribution is 9.10. The lowest BCUT2D eigenvalue weighted by molar-refractivity contribution is 0.242. The van der Waals surface area contributed by atoms with Crippen LogP contribution in [-0.4, -0.2) is 23.2 Å². The minimum Gasteiger partial charge on any atom is -0.493 e. The van der Waals surface area contributed by atoms with Gasteiger partial charge in [0.1, 0.15) is 15.5 Å². The van der Waals surface area contributed by atoms with Gasteiger partial charge in [-0.3, -0.25) is 0 Å². The fourth-order valence-electron chi connectivity index (χ4n) is 1.37. The second-order valence-electron chi connectivity index (χ2n) is 3.66. The summed E-state index contributed by atoms with van der Waals surface area (Å²) in [7, 11) is 0. The van der Waals surface area contributed by atoms with Crippen molar-refractivity contribution in [3.8, 4) is 11.6 Å². The molecular formula is C13H12BrClN2O2. The first-order valence-corrected chi connectivity index (χ1v) is 6.91. The molecule has 0 aromatic carbocycles. The van der Waals surface area contributed by atoms with Crippen LogP contribution in [-0.2, 0) is 0 Å². The molecule has 0 fully saturated rings. The third kappa shape index (κ3) is 5.04. The molecule has 0 radical (unpaired) electrons. The number of hydrogen-bond donors (Lipinski definition) is 0. The Kier molecular flexibility index (Phi) is 5.42. The van der Waals surface area contributed by atoms with E-state index in [0.29, 0.717) is 24.2 Å². The van der Waals surface area contributed by atoms with E-state index in [-0.39, 0.29) is 0 Å². The molecule has 0 saturated heterocycles. The maximum Gasteiger partial charge on any atom is 0.214 e. The number of pyridine rings is 2. The fourth-order valence-corrected chi connectivity index (χ4v) is 1.87. The molecule has 0 aliphatic rings. The average Bonchev–Trinajstić information content (AvgIpc) is 2.38. The van der Waals surface area contributed by atoms with Gasteiger partial charge in [-0.05, 0) is 28.1 Å². The topological polar surface area (TPSA) is 44.2 Å². The van der Waals surface area contributed by atoms with E-state index in [1.165, 1.54) is 0 Å². The Morgan fingerprint density at radius 2 is 2.00 bits per heavy atom. The van der Waals surface area contributed by atoms with Crippen molar-refractivity contribution in [1.29, 1.82) is 0 Å². The monoisotopic (exact) mass is 342 g/mol. The van der Waals surface area contributed by atoms with E-state index in [9.17, 15) is 0 Å². The van der Waals surface area contributed by atoms with E-state index < -0.39 is 0 Å². The third-order valence-electron chi connectivity index (χ3n) is 2.19. The molecule has 0 aliphatic heterocycles. The Hall–Kier alpha value is -1.33. The Morgan fingerprint density at radius 1 is 1.16 bits per heavy atom. The molecule has 0 bridgehead atoms. The van der Waals surface area contributed by atoms with E-state index >= 15 is 0 Å². The van der Waals surface area contributed by atoms with Crippen molar-refractivity contribution in [2.24, 2.45) is 0 Å². The maximum absolute atomic E-state index is 5.75. The summed E-state index contributed by atoms with van der Waals surface area (Å²) in [5, 5.41) is 0.426. The minimum absolute atomic E-state index is 0.426. The molecule has 0 aliphatic carbocycles. The lowest BCUT2D eigenvalue weighted by atomic mass is 10.4. The first kappa shape index (κ1) is 14.1. The number of rotatable bonds is 6. The van der Waals surface area contributed by atoms with Crippen LogP contribution in [0.4, 0.5) is 0 Å². The largest absolute Gasteiger partial charge is 0.493 e. The van der Waals surface area contributed by atoms with Gasteiger partial charge in [0.05, 0.1) is 13.2 Å². The molecule has 2 rings (SSSR count). The summed E-state index contributed by atoms with van der Waals surface area (Å²) in [5.74, 6) is 1.31. The van der Waals surface area contributed by atoms with Gasteiger partial charge in [0, 0.05) is 24.8 Å². The zero-order chi connectivity index (χ0) is 13.5. The predicted molar refractivity (Wildman–Crippen MR) is 76.8 cm³/mol. The summed E-state index contributed by atoms with van der Waals surface area (Å²) >= 11 is 9.04. The summed E-state index contributed by atoms with van der Waals surface area (Å²) < 4.78 is 11.8. The van der Waals surface area contributed by atoms with Crippen LogP contribution in [0.2, 0.25) is 5.15 Å². The molecule has 19 heavy (non-hydrogen) atoms. The van der Waals surface area contributed by atoms with Gasteiger partial charge in [-0.2, -0.15) is 0 Å². The molecule has 6 heteroatoms. The van der Waals surface area contributed by atoms with Crippen LogP contribution < -0.4 is 9.47 Å². The van der Waals surface area contributed by atoms with Gasteiger partial charge in [-0.25, -0.2) is 9.97 Å². The lowest BCUT2D eigenvalue weighted by Crippen LogP contribution is -2.05. The fraction of sp³-hybridized carbons (Fsp3) is 0.231. The zero-order valence-corrected chi connectivity index (χ0v) is 12.4. The van der Waals surface area contributed by atoms with Crippen molar-refractivity contribution in [1.82, 2.24) is 9.97 Å². The van der Waals surface area contributed by atoms with E-state index in [2.05, 4.69) is 25.9 Å². The quantitative estimate of drug-likeness (QED) is 0.592. The van der Waals surface area contributed by atoms with E-state index in [4.69, 9.17) is 21.1 Å². The lowest BCUT2D eigenvalue weighted by Gasteiger charge is -2.07. The smallest absolute Gasteiger partial charge is 0.214 e. The van der Waals surface area contributed by atoms with Gasteiger partial charge in [0.15, 0.2) is 0 Å². The highest BCUT2D eigenvalue weighted by atomic mass is 79.9. The Labute approximate surface area is 124 Å². The molecule has 2 aromatic rings. The SMILES string of the molecule is Clc1cccc(OCCCOc2ccnc(Br)c2)n1. The van der Waals surface area contributed by atoms with Crippen LogP contribution in [0.1, 0.15) is 6.42 Å². The van der Waals surface area contributed by atoms with Crippen LogP contribution in [0.15, 0.2) is 41.1 Å². The van der Waals surface area contributed by atoms with Gasteiger partial charge in [0.2, 0.25) is 5.88 Å². The van der Waals surface area contributed by atoms with Crippen molar-refractivity contribution < 1.29 is 9.47 Å². The van der Waals surface area contributed by atoms with Gasteiger partial charge in [-0.1, -0.05) is 17.7 Å². The number of aromatic nitrogens is 2. The Balaban J connectivity index is 1.67. The average molecular weight is 344 g/mol. The summed E-state index contributed by atoms with van der Waals surface area (Å²) in [5.41, 5.74) is 0. The number of hydrogen-bond acceptors (Lipinski definition) is 4. The molecule has 2 aromatic heterocycles. The summed E-state index contributed by atoms with van der Waals surface area (Å²) in [6.07, 6.45) is 2.44. The number of ether oxygens (including phenoxy) is 2. The Bertz CT molecular complexity index is 492. The van der Waals surface area contributed by atoms with Gasteiger partial charge in [-0.15, -0.1) is 0 Å². The summed E-state index contributed by atoms with van der Waals surface area (Å²) in [4.78, 5) is 8.05. The summed E-state index contributed by atoms with van der Waals surface area (Å²) in [6, 6.07) is 8.91. The van der Waals surface area contributed by atoms with E-state index in [1.54, 1.807) is 24.4 Å². The molecule has 0 unspecified atom stereocenters. The molecule has 100 valence electrons. The molecule has 0 spiro atoms. The molecule has 4 nitrogen and oxygen atoms in total. The number of nitrogens with zero attached hydrogens (tertiary/aromatic N) is 2. The highest BCUT2D eigenvalue weighted by Crippen LogP contribution is 2.15. The second kappa shape index (κ2) is 7.31. The van der Waals surface area contributed by atoms with Crippen LogP contribution in [0, 0.1) is 0 Å². The third-order valence-corrected chi connectivity index (χ3v) is 2.84. The van der Waals surface area contributed by atoms with Crippen molar-refractivity contribution in [2.45, 2.75) is 6.42 Å². The Morgan fingerprint density at radius 3 is 2.79 bits per heavy atom. The van der Waals surface area contributed by atoms with Crippen molar-refractivity contribution in [3.05, 3.63) is 46.3 Å². The minimum atomic E-state index is 0.426. The van der Waals surface area contributed by atoms with Gasteiger partial charge >= 0.3 is 0 Å². The molecule has 0 saturated carbocycles. The molecule has 0 atom stereocenters. The number of halogens is 2. The van der Waals surface area contributed by atoms with Crippen LogP contribution in [0.5, 0.6) is 11.6 Å². The van der Waals surface area contributed by atoms with Gasteiger partial charge < -0.3 is 9.47 Å². The van der Waals surface area contributed by atoms with E-state index in [1.807, 2.05) is 12.1 Å². The van der Waals surface area contributed by atoms with Crippen molar-refractivity contribution >= 4 is 27.5 Å². The second-order valence-corrected chi connectivity index (χ2v) is 4.86. The zero-order valence-electron chi connectivity index (χ0n) is 10.1. The predicted octanol–water partition coefficient (Wildman–Crippen LogP) is 3.74. The van der Waals surface area contributed by atoms with Gasteiger partial charge in [0.25, 0.3) is 0 Å². The van der Waals surface area contributed by atoms with Crippen molar-refractivity contribution in [3.63, 3.8) is 0 Å². The van der Waals surface area contributed by atoms with E-state index in [0.717, 1.165) is 16.8 Å². The molecule has 0 amide bonds. The standard InChI is InChI=1S/C13H12BrClN2O2/c14-11-9-10(5-6-16-11)18-7-2-8-19-13-4-1-3-12(15)17-13/h1,3-6,9H,2,7-8H2. The van der Waals surface area contributed by atoms with Crippen molar-refractivity contribution in [2.75, 3.05) is 13.2 Å². The molecule has 2 heterocycles. The molecule has 0 N–H and O–H groups in total. The first-order valence-electron chi connectivity index (χ1n) is 5.74. The highest BCUT2D eigenvalue weighted by Gasteiger charge is 1.98. The summed E-state index contributed by atoms with van der Waals surface area (Å²) in [6.45, 7) is 1.09. The van der Waals surface area contributed by atoms with Crippen LogP contribution in [0.3, 0.4) is 0 Å². The first-order chi connectivity index (χ1) is 9.24.